The number of hydrogen-bond acceptors (Lipinski definition) is 6. The van der Waals surface area contributed by atoms with Gasteiger partial charge in [0.1, 0.15) is 13.2 Å². The molecule has 0 heterocycles. The minimum absolute atomic E-state index is 0.0619. The minimum Gasteiger partial charge on any atom is -0.462 e. The van der Waals surface area contributed by atoms with Gasteiger partial charge in [-0.05, 0) is 31.1 Å². The molecule has 0 radical (unpaired) electrons. The summed E-state index contributed by atoms with van der Waals surface area (Å²) in [6.45, 7) is 11.5. The number of unbranched alkanes of at least 4 members (excludes halogenated alkanes) is 43. The van der Waals surface area contributed by atoms with E-state index >= 15 is 0 Å². The molecule has 70 heavy (non-hydrogen) atoms. The van der Waals surface area contributed by atoms with Crippen LogP contribution in [0.5, 0.6) is 0 Å². The summed E-state index contributed by atoms with van der Waals surface area (Å²) in [6, 6.07) is 0. The summed E-state index contributed by atoms with van der Waals surface area (Å²) in [5, 5.41) is 0. The number of carbonyl (C=O) groups is 3. The molecule has 0 aliphatic rings. The first-order chi connectivity index (χ1) is 34.2. The molecule has 0 unspecified atom stereocenters. The Balaban J connectivity index is 4.29. The number of esters is 3. The first-order valence-electron chi connectivity index (χ1n) is 31.7. The van der Waals surface area contributed by atoms with Crippen molar-refractivity contribution in [3.8, 4) is 0 Å². The van der Waals surface area contributed by atoms with Gasteiger partial charge in [0.15, 0.2) is 6.10 Å². The van der Waals surface area contributed by atoms with Crippen LogP contribution in [0, 0.1) is 11.8 Å². The summed E-state index contributed by atoms with van der Waals surface area (Å²) in [5.41, 5.74) is 0. The van der Waals surface area contributed by atoms with Crippen LogP contribution in [0.4, 0.5) is 0 Å². The lowest BCUT2D eigenvalue weighted by molar-refractivity contribution is -0.167. The third-order valence-electron chi connectivity index (χ3n) is 14.7. The summed E-state index contributed by atoms with van der Waals surface area (Å²) < 4.78 is 17.0. The molecule has 0 aromatic carbocycles. The highest BCUT2D eigenvalue weighted by atomic mass is 16.6. The van der Waals surface area contributed by atoms with Crippen LogP contribution in [0.25, 0.3) is 0 Å². The van der Waals surface area contributed by atoms with Gasteiger partial charge in [-0.3, -0.25) is 14.4 Å². The molecular weight excluding hydrogens is 865 g/mol. The molecule has 0 spiro atoms. The standard InChI is InChI=1S/C64H124O6/c1-6-7-8-9-10-11-12-13-14-15-16-19-24-29-34-39-44-49-54-62(65)68-57-61(58-69-63(66)55-50-45-40-35-30-26-21-23-28-33-38-43-48-53-60(4)5)70-64(67)56-51-46-41-36-31-25-20-17-18-22-27-32-37-42-47-52-59(2)3/h59-61H,6-58H2,1-5H3/t61-/m1/s1. The van der Waals surface area contributed by atoms with Crippen molar-refractivity contribution in [3.63, 3.8) is 0 Å². The van der Waals surface area contributed by atoms with Crippen molar-refractivity contribution >= 4 is 17.9 Å². The zero-order valence-electron chi connectivity index (χ0n) is 48.2. The maximum atomic E-state index is 12.9. The second-order valence-corrected chi connectivity index (χ2v) is 23.0. The normalized spacial score (nSPS) is 12.0. The zero-order chi connectivity index (χ0) is 51.1. The van der Waals surface area contributed by atoms with Crippen LogP contribution in [-0.2, 0) is 28.6 Å². The van der Waals surface area contributed by atoms with Crippen molar-refractivity contribution in [1.29, 1.82) is 0 Å². The molecule has 0 fully saturated rings. The topological polar surface area (TPSA) is 78.9 Å². The van der Waals surface area contributed by atoms with E-state index in [1.165, 1.54) is 250 Å². The van der Waals surface area contributed by atoms with Crippen molar-refractivity contribution in [3.05, 3.63) is 0 Å². The van der Waals surface area contributed by atoms with E-state index in [0.717, 1.165) is 69.6 Å². The fourth-order valence-electron chi connectivity index (χ4n) is 9.93. The molecule has 6 heteroatoms. The van der Waals surface area contributed by atoms with Crippen LogP contribution in [-0.4, -0.2) is 37.2 Å². The molecule has 0 amide bonds. The first kappa shape index (κ1) is 68.4. The highest BCUT2D eigenvalue weighted by molar-refractivity contribution is 5.71. The molecule has 1 atom stereocenters. The van der Waals surface area contributed by atoms with E-state index in [2.05, 4.69) is 34.6 Å². The van der Waals surface area contributed by atoms with Crippen molar-refractivity contribution in [2.45, 2.75) is 368 Å². The van der Waals surface area contributed by atoms with Crippen LogP contribution in [0.15, 0.2) is 0 Å². The smallest absolute Gasteiger partial charge is 0.306 e. The molecule has 0 saturated carbocycles. The number of carbonyl (C=O) groups excluding carboxylic acids is 3. The minimum atomic E-state index is -0.764. The van der Waals surface area contributed by atoms with Crippen molar-refractivity contribution < 1.29 is 28.6 Å². The second-order valence-electron chi connectivity index (χ2n) is 23.0. The average molecular weight is 990 g/mol. The molecular formula is C64H124O6. The summed E-state index contributed by atoms with van der Waals surface area (Å²) in [7, 11) is 0. The van der Waals surface area contributed by atoms with E-state index in [1.807, 2.05) is 0 Å². The predicted octanol–water partition coefficient (Wildman–Crippen LogP) is 21.2. The van der Waals surface area contributed by atoms with E-state index in [-0.39, 0.29) is 31.1 Å². The third-order valence-corrected chi connectivity index (χ3v) is 14.7. The van der Waals surface area contributed by atoms with Gasteiger partial charge >= 0.3 is 17.9 Å². The third kappa shape index (κ3) is 57.3. The molecule has 0 saturated heterocycles. The summed E-state index contributed by atoms with van der Waals surface area (Å²) >= 11 is 0. The quantitative estimate of drug-likeness (QED) is 0.0343. The molecule has 0 aromatic rings. The molecule has 0 aliphatic carbocycles. The predicted molar refractivity (Wildman–Crippen MR) is 303 cm³/mol. The van der Waals surface area contributed by atoms with E-state index in [1.54, 1.807) is 0 Å². The first-order valence-corrected chi connectivity index (χ1v) is 31.7. The lowest BCUT2D eigenvalue weighted by Gasteiger charge is -2.18. The Labute approximate surface area is 438 Å². The van der Waals surface area contributed by atoms with Crippen molar-refractivity contribution in [2.75, 3.05) is 13.2 Å². The number of hydrogen-bond donors (Lipinski definition) is 0. The second kappa shape index (κ2) is 56.7. The molecule has 0 rings (SSSR count). The van der Waals surface area contributed by atoms with Crippen molar-refractivity contribution in [1.82, 2.24) is 0 Å². The molecule has 0 bridgehead atoms. The van der Waals surface area contributed by atoms with Gasteiger partial charge in [0.25, 0.3) is 0 Å². The summed E-state index contributed by atoms with van der Waals surface area (Å²) in [6.07, 6.45) is 62.4. The SMILES string of the molecule is CCCCCCCCCCCCCCCCCCCCC(=O)OC[C@H](COC(=O)CCCCCCCCCCCCCCCC(C)C)OC(=O)CCCCCCCCCCCCCCCCCC(C)C. The van der Waals surface area contributed by atoms with E-state index in [0.29, 0.717) is 19.3 Å². The van der Waals surface area contributed by atoms with Gasteiger partial charge < -0.3 is 14.2 Å². The number of ether oxygens (including phenoxy) is 3. The highest BCUT2D eigenvalue weighted by Gasteiger charge is 2.19. The fraction of sp³-hybridized carbons (Fsp3) is 0.953. The van der Waals surface area contributed by atoms with E-state index in [4.69, 9.17) is 14.2 Å². The highest BCUT2D eigenvalue weighted by Crippen LogP contribution is 2.19. The summed E-state index contributed by atoms with van der Waals surface area (Å²) in [4.78, 5) is 38.3. The molecule has 416 valence electrons. The van der Waals surface area contributed by atoms with Crippen LogP contribution >= 0.6 is 0 Å². The Morgan fingerprint density at radius 2 is 0.471 bits per heavy atom. The Bertz CT molecular complexity index is 1070. The summed E-state index contributed by atoms with van der Waals surface area (Å²) in [5.74, 6) is 0.856. The fourth-order valence-corrected chi connectivity index (χ4v) is 9.93. The van der Waals surface area contributed by atoms with Gasteiger partial charge in [0, 0.05) is 19.3 Å². The van der Waals surface area contributed by atoms with Gasteiger partial charge in [-0.2, -0.15) is 0 Å². The van der Waals surface area contributed by atoms with E-state index < -0.39 is 6.10 Å². The zero-order valence-corrected chi connectivity index (χ0v) is 48.2. The molecule has 0 aromatic heterocycles. The number of rotatable bonds is 58. The lowest BCUT2D eigenvalue weighted by atomic mass is 10.0. The Hall–Kier alpha value is -1.59. The molecule has 0 aliphatic heterocycles. The van der Waals surface area contributed by atoms with Crippen LogP contribution in [0.2, 0.25) is 0 Å². The maximum absolute atomic E-state index is 12.9. The molecule has 6 nitrogen and oxygen atoms in total. The Morgan fingerprint density at radius 1 is 0.271 bits per heavy atom. The monoisotopic (exact) mass is 989 g/mol. The van der Waals surface area contributed by atoms with Gasteiger partial charge in [-0.15, -0.1) is 0 Å². The Morgan fingerprint density at radius 3 is 0.700 bits per heavy atom. The van der Waals surface area contributed by atoms with Gasteiger partial charge in [0.05, 0.1) is 0 Å². The average Bonchev–Trinajstić information content (AvgIpc) is 3.33. The van der Waals surface area contributed by atoms with E-state index in [9.17, 15) is 14.4 Å². The lowest BCUT2D eigenvalue weighted by Crippen LogP contribution is -2.30. The largest absolute Gasteiger partial charge is 0.462 e. The van der Waals surface area contributed by atoms with Gasteiger partial charge in [-0.25, -0.2) is 0 Å². The van der Waals surface area contributed by atoms with Gasteiger partial charge in [-0.1, -0.05) is 324 Å². The van der Waals surface area contributed by atoms with Crippen LogP contribution in [0.1, 0.15) is 362 Å². The van der Waals surface area contributed by atoms with Crippen LogP contribution < -0.4 is 0 Å². The maximum Gasteiger partial charge on any atom is 0.306 e. The Kier molecular flexibility index (Phi) is 55.4. The van der Waals surface area contributed by atoms with Crippen molar-refractivity contribution in [2.24, 2.45) is 11.8 Å². The van der Waals surface area contributed by atoms with Gasteiger partial charge in [0.2, 0.25) is 0 Å². The van der Waals surface area contributed by atoms with Crippen LogP contribution in [0.3, 0.4) is 0 Å². The molecule has 0 N–H and O–H groups in total.